The van der Waals surface area contributed by atoms with Crippen molar-refractivity contribution in [1.29, 1.82) is 0 Å². The number of thiazole rings is 1. The maximum atomic E-state index is 12.6. The van der Waals surface area contributed by atoms with Gasteiger partial charge in [-0.25, -0.2) is 4.98 Å². The number of alkyl halides is 3. The number of benzene rings is 1. The van der Waals surface area contributed by atoms with Crippen molar-refractivity contribution >= 4 is 28.8 Å². The lowest BCUT2D eigenvalue weighted by Gasteiger charge is -2.36. The molecule has 0 spiro atoms. The number of hydrogen-bond acceptors (Lipinski definition) is 5. The average molecular weight is 399 g/mol. The van der Waals surface area contributed by atoms with Gasteiger partial charge in [0.15, 0.2) is 0 Å². The van der Waals surface area contributed by atoms with Crippen LogP contribution >= 0.6 is 11.3 Å². The van der Waals surface area contributed by atoms with Crippen LogP contribution in [0.1, 0.15) is 29.7 Å². The molecule has 1 aliphatic carbocycles. The molecule has 0 unspecified atom stereocenters. The van der Waals surface area contributed by atoms with Gasteiger partial charge in [0.05, 0.1) is 6.20 Å². The molecule has 1 aromatic carbocycles. The van der Waals surface area contributed by atoms with E-state index < -0.39 is 28.3 Å². The van der Waals surface area contributed by atoms with E-state index >= 15 is 0 Å². The molecule has 2 aromatic rings. The maximum Gasteiger partial charge on any atom is 0.427 e. The van der Waals surface area contributed by atoms with Crippen LogP contribution in [0.2, 0.25) is 0 Å². The van der Waals surface area contributed by atoms with Crippen molar-refractivity contribution in [3.63, 3.8) is 0 Å². The highest BCUT2D eigenvalue weighted by Gasteiger charge is 2.49. The Labute approximate surface area is 156 Å². The summed E-state index contributed by atoms with van der Waals surface area (Å²) in [5.74, 6) is -0.791. The van der Waals surface area contributed by atoms with Crippen LogP contribution in [0.15, 0.2) is 24.4 Å². The second-order valence-electron chi connectivity index (χ2n) is 6.32. The van der Waals surface area contributed by atoms with E-state index in [9.17, 15) is 22.8 Å². The molecule has 0 bridgehead atoms. The molecular weight excluding hydrogens is 383 g/mol. The molecule has 1 saturated carbocycles. The fourth-order valence-electron chi connectivity index (χ4n) is 2.74. The molecule has 1 heterocycles. The Morgan fingerprint density at radius 1 is 1.33 bits per heavy atom. The Hall–Kier alpha value is -2.62. The predicted octanol–water partition coefficient (Wildman–Crippen LogP) is 3.86. The van der Waals surface area contributed by atoms with Crippen LogP contribution in [0.25, 0.3) is 0 Å². The number of nitrogens with zero attached hydrogens (tertiary/aromatic N) is 1. The van der Waals surface area contributed by atoms with Crippen molar-refractivity contribution in [2.24, 2.45) is 11.1 Å². The zero-order valence-corrected chi connectivity index (χ0v) is 15.0. The summed E-state index contributed by atoms with van der Waals surface area (Å²) in [6.07, 6.45) is -2.16. The Morgan fingerprint density at radius 3 is 2.52 bits per heavy atom. The summed E-state index contributed by atoms with van der Waals surface area (Å²) in [5, 5.41) is 2.53. The number of nitrogens with one attached hydrogen (secondary N) is 1. The molecule has 0 saturated heterocycles. The van der Waals surface area contributed by atoms with Gasteiger partial charge in [0.25, 0.3) is 5.19 Å². The number of nitrogens with two attached hydrogens (primary N) is 1. The molecule has 10 heteroatoms. The zero-order valence-electron chi connectivity index (χ0n) is 14.2. The van der Waals surface area contributed by atoms with Crippen molar-refractivity contribution in [1.82, 2.24) is 4.98 Å². The molecule has 6 nitrogen and oxygen atoms in total. The van der Waals surface area contributed by atoms with Gasteiger partial charge in [-0.05, 0) is 43.5 Å². The SMILES string of the molecule is Cc1cc(NC(=O)C2(C(N)=O)CCC2)ccc1Oc1ncc(C(F)(F)F)s1. The number of primary amides is 1. The smallest absolute Gasteiger partial charge is 0.427 e. The molecule has 3 N–H and O–H groups in total. The summed E-state index contributed by atoms with van der Waals surface area (Å²) in [6, 6.07) is 4.64. The minimum absolute atomic E-state index is 0.135. The second-order valence-corrected chi connectivity index (χ2v) is 7.32. The number of rotatable bonds is 5. The van der Waals surface area contributed by atoms with E-state index in [1.54, 1.807) is 13.0 Å². The van der Waals surface area contributed by atoms with Gasteiger partial charge in [-0.2, -0.15) is 13.2 Å². The van der Waals surface area contributed by atoms with E-state index in [0.29, 0.717) is 47.4 Å². The number of amides is 2. The van der Waals surface area contributed by atoms with Crippen LogP contribution in [0.3, 0.4) is 0 Å². The lowest BCUT2D eigenvalue weighted by atomic mass is 9.67. The van der Waals surface area contributed by atoms with Gasteiger partial charge in [-0.1, -0.05) is 17.8 Å². The summed E-state index contributed by atoms with van der Waals surface area (Å²) in [6.45, 7) is 1.68. The number of carbonyl (C=O) groups is 2. The highest BCUT2D eigenvalue weighted by Crippen LogP contribution is 2.42. The predicted molar refractivity (Wildman–Crippen MR) is 92.5 cm³/mol. The van der Waals surface area contributed by atoms with Gasteiger partial charge in [-0.3, -0.25) is 9.59 Å². The first-order valence-corrected chi connectivity index (χ1v) is 8.86. The zero-order chi connectivity index (χ0) is 19.8. The largest absolute Gasteiger partial charge is 0.431 e. The molecule has 27 heavy (non-hydrogen) atoms. The standard InChI is InChI=1S/C17H16F3N3O3S/c1-9-7-10(23-14(25)16(13(21)24)5-2-6-16)3-4-11(9)26-15-22-8-12(27-15)17(18,19)20/h3-4,7-8H,2,5-6H2,1H3,(H2,21,24)(H,23,25). The normalized spacial score (nSPS) is 15.7. The van der Waals surface area contributed by atoms with E-state index in [2.05, 4.69) is 10.3 Å². The third-order valence-corrected chi connectivity index (χ3v) is 5.43. The summed E-state index contributed by atoms with van der Waals surface area (Å²) in [7, 11) is 0. The third-order valence-electron chi connectivity index (χ3n) is 4.51. The molecule has 3 rings (SSSR count). The van der Waals surface area contributed by atoms with Crippen molar-refractivity contribution in [2.45, 2.75) is 32.4 Å². The first kappa shape index (κ1) is 19.2. The molecule has 1 aromatic heterocycles. The number of aryl methyl sites for hydroxylation is 1. The number of halogens is 3. The summed E-state index contributed by atoms with van der Waals surface area (Å²) in [4.78, 5) is 26.7. The molecule has 1 aliphatic rings. The second kappa shape index (κ2) is 6.84. The number of aromatic nitrogens is 1. The number of carbonyl (C=O) groups excluding carboxylic acids is 2. The highest BCUT2D eigenvalue weighted by molar-refractivity contribution is 7.13. The molecule has 0 atom stereocenters. The molecule has 0 aliphatic heterocycles. The average Bonchev–Trinajstić information content (AvgIpc) is 2.97. The quantitative estimate of drug-likeness (QED) is 0.747. The van der Waals surface area contributed by atoms with Crippen LogP contribution in [-0.4, -0.2) is 16.8 Å². The minimum Gasteiger partial charge on any atom is -0.431 e. The van der Waals surface area contributed by atoms with Crippen molar-refractivity contribution in [3.05, 3.63) is 34.8 Å². The monoisotopic (exact) mass is 399 g/mol. The molecule has 2 amide bonds. The topological polar surface area (TPSA) is 94.3 Å². The lowest BCUT2D eigenvalue weighted by molar-refractivity contribution is -0.144. The summed E-state index contributed by atoms with van der Waals surface area (Å²) >= 11 is 0.396. The van der Waals surface area contributed by atoms with E-state index in [4.69, 9.17) is 10.5 Å². The van der Waals surface area contributed by atoms with Gasteiger partial charge in [0.1, 0.15) is 16.0 Å². The van der Waals surface area contributed by atoms with Crippen LogP contribution in [0, 0.1) is 12.3 Å². The Balaban J connectivity index is 1.71. The van der Waals surface area contributed by atoms with Gasteiger partial charge >= 0.3 is 6.18 Å². The Morgan fingerprint density at radius 2 is 2.04 bits per heavy atom. The van der Waals surface area contributed by atoms with Crippen molar-refractivity contribution < 1.29 is 27.5 Å². The summed E-state index contributed by atoms with van der Waals surface area (Å²) < 4.78 is 43.3. The van der Waals surface area contributed by atoms with Gasteiger partial charge in [-0.15, -0.1) is 0 Å². The maximum absolute atomic E-state index is 12.6. The number of anilines is 1. The van der Waals surface area contributed by atoms with Crippen LogP contribution in [0.5, 0.6) is 10.9 Å². The van der Waals surface area contributed by atoms with Gasteiger partial charge in [0, 0.05) is 5.69 Å². The fraction of sp³-hybridized carbons (Fsp3) is 0.353. The molecule has 0 radical (unpaired) electrons. The van der Waals surface area contributed by atoms with Crippen molar-refractivity contribution in [2.75, 3.05) is 5.32 Å². The van der Waals surface area contributed by atoms with E-state index in [-0.39, 0.29) is 5.19 Å². The Kier molecular flexibility index (Phi) is 4.85. The molecular formula is C17H16F3N3O3S. The lowest BCUT2D eigenvalue weighted by Crippen LogP contribution is -2.51. The van der Waals surface area contributed by atoms with Crippen LogP contribution < -0.4 is 15.8 Å². The van der Waals surface area contributed by atoms with Gasteiger partial charge in [0.2, 0.25) is 11.8 Å². The molecule has 144 valence electrons. The van der Waals surface area contributed by atoms with Crippen LogP contribution in [0.4, 0.5) is 18.9 Å². The first-order chi connectivity index (χ1) is 12.6. The van der Waals surface area contributed by atoms with Crippen molar-refractivity contribution in [3.8, 4) is 10.9 Å². The van der Waals surface area contributed by atoms with E-state index in [1.807, 2.05) is 0 Å². The van der Waals surface area contributed by atoms with Crippen LogP contribution in [-0.2, 0) is 15.8 Å². The highest BCUT2D eigenvalue weighted by atomic mass is 32.1. The number of hydrogen-bond donors (Lipinski definition) is 2. The molecule has 1 fully saturated rings. The van der Waals surface area contributed by atoms with E-state index in [1.165, 1.54) is 12.1 Å². The van der Waals surface area contributed by atoms with E-state index in [0.717, 1.165) is 6.42 Å². The first-order valence-electron chi connectivity index (χ1n) is 8.05. The summed E-state index contributed by atoms with van der Waals surface area (Å²) in [5.41, 5.74) is 5.20. The van der Waals surface area contributed by atoms with Gasteiger partial charge < -0.3 is 15.8 Å². The third kappa shape index (κ3) is 3.75. The minimum atomic E-state index is -4.47. The number of ether oxygens (including phenoxy) is 1. The fourth-order valence-corrected chi connectivity index (χ4v) is 3.38. The Bertz CT molecular complexity index is 891.